The maximum Gasteiger partial charge on any atom is 0.322 e. The highest BCUT2D eigenvalue weighted by Gasteiger charge is 2.35. The first-order valence-electron chi connectivity index (χ1n) is 7.58. The predicted octanol–water partition coefficient (Wildman–Crippen LogP) is 2.84. The maximum atomic E-state index is 12.6. The molecule has 1 N–H and O–H groups in total. The molecule has 6 heteroatoms. The number of urea groups is 1. The van der Waals surface area contributed by atoms with Crippen molar-refractivity contribution in [3.63, 3.8) is 0 Å². The number of nitrogens with one attached hydrogen (secondary N) is 1. The van der Waals surface area contributed by atoms with Gasteiger partial charge in [-0.25, -0.2) is 4.79 Å². The largest absolute Gasteiger partial charge is 0.454 e. The summed E-state index contributed by atoms with van der Waals surface area (Å²) in [6, 6.07) is 7.31. The fourth-order valence-electron chi connectivity index (χ4n) is 3.09. The van der Waals surface area contributed by atoms with Gasteiger partial charge in [0.1, 0.15) is 0 Å². The van der Waals surface area contributed by atoms with E-state index in [2.05, 4.69) is 10.3 Å². The highest BCUT2D eigenvalue weighted by Crippen LogP contribution is 2.44. The van der Waals surface area contributed by atoms with E-state index in [0.29, 0.717) is 11.5 Å². The normalized spacial score (nSPS) is 18.8. The number of anilines is 1. The van der Waals surface area contributed by atoms with Gasteiger partial charge in [-0.1, -0.05) is 6.07 Å². The number of carbonyl (C=O) groups excluding carboxylic acids is 1. The molecule has 2 aromatic rings. The van der Waals surface area contributed by atoms with Gasteiger partial charge in [0.15, 0.2) is 11.5 Å². The molecule has 1 aromatic carbocycles. The van der Waals surface area contributed by atoms with Crippen molar-refractivity contribution in [1.29, 1.82) is 0 Å². The third kappa shape index (κ3) is 2.18. The van der Waals surface area contributed by atoms with Gasteiger partial charge in [-0.05, 0) is 31.5 Å². The molecule has 0 spiro atoms. The molecule has 1 atom stereocenters. The minimum absolute atomic E-state index is 0.0315. The van der Waals surface area contributed by atoms with Crippen LogP contribution in [0.25, 0.3) is 0 Å². The number of hydrogen-bond donors (Lipinski definition) is 1. The first-order valence-corrected chi connectivity index (χ1v) is 7.58. The molecule has 2 amide bonds. The van der Waals surface area contributed by atoms with Gasteiger partial charge in [-0.15, -0.1) is 0 Å². The fraction of sp³-hybridized carbons (Fsp3) is 0.294. The van der Waals surface area contributed by atoms with Crippen LogP contribution in [0.1, 0.15) is 31.0 Å². The molecule has 1 unspecified atom stereocenters. The van der Waals surface area contributed by atoms with Crippen LogP contribution in [0.2, 0.25) is 0 Å². The Morgan fingerprint density at radius 3 is 2.78 bits per heavy atom. The maximum absolute atomic E-state index is 12.6. The smallest absolute Gasteiger partial charge is 0.322 e. The molecule has 3 heterocycles. The molecule has 0 saturated carbocycles. The summed E-state index contributed by atoms with van der Waals surface area (Å²) in [4.78, 5) is 18.5. The van der Waals surface area contributed by atoms with Crippen LogP contribution in [0.4, 0.5) is 10.5 Å². The Labute approximate surface area is 134 Å². The van der Waals surface area contributed by atoms with E-state index in [9.17, 15) is 4.79 Å². The number of rotatable bonds is 2. The molecule has 6 nitrogen and oxygen atoms in total. The molecule has 118 valence electrons. The average Bonchev–Trinajstić information content (AvgIpc) is 3.00. The first kappa shape index (κ1) is 13.9. The van der Waals surface area contributed by atoms with Gasteiger partial charge >= 0.3 is 6.03 Å². The van der Waals surface area contributed by atoms with Crippen LogP contribution in [0, 0.1) is 0 Å². The summed E-state index contributed by atoms with van der Waals surface area (Å²) >= 11 is 0. The van der Waals surface area contributed by atoms with Gasteiger partial charge in [-0.3, -0.25) is 9.88 Å². The lowest BCUT2D eigenvalue weighted by atomic mass is 9.95. The Hall–Kier alpha value is -2.76. The summed E-state index contributed by atoms with van der Waals surface area (Å²) in [5, 5.41) is 3.06. The predicted molar refractivity (Wildman–Crippen MR) is 84.8 cm³/mol. The number of pyridine rings is 1. The van der Waals surface area contributed by atoms with Gasteiger partial charge in [-0.2, -0.15) is 0 Å². The van der Waals surface area contributed by atoms with E-state index in [-0.39, 0.29) is 24.9 Å². The SMILES string of the molecule is CC(C)N1C(=O)NC(c2cccnc2)c2cc3c(cc21)OCO3. The van der Waals surface area contributed by atoms with Gasteiger partial charge in [0.25, 0.3) is 0 Å². The Morgan fingerprint density at radius 1 is 1.30 bits per heavy atom. The third-order valence-corrected chi connectivity index (χ3v) is 4.11. The second-order valence-corrected chi connectivity index (χ2v) is 5.90. The second-order valence-electron chi connectivity index (χ2n) is 5.90. The van der Waals surface area contributed by atoms with E-state index < -0.39 is 0 Å². The number of carbonyl (C=O) groups is 1. The molecule has 0 saturated heterocycles. The van der Waals surface area contributed by atoms with Gasteiger partial charge in [0.05, 0.1) is 11.7 Å². The summed E-state index contributed by atoms with van der Waals surface area (Å²) in [5.41, 5.74) is 2.77. The van der Waals surface area contributed by atoms with E-state index in [1.165, 1.54) is 0 Å². The van der Waals surface area contributed by atoms with E-state index >= 15 is 0 Å². The van der Waals surface area contributed by atoms with E-state index in [1.807, 2.05) is 38.1 Å². The number of nitrogens with zero attached hydrogens (tertiary/aromatic N) is 2. The van der Waals surface area contributed by atoms with Crippen LogP contribution < -0.4 is 19.7 Å². The van der Waals surface area contributed by atoms with Crippen LogP contribution in [-0.4, -0.2) is 23.8 Å². The van der Waals surface area contributed by atoms with Crippen LogP contribution in [0.5, 0.6) is 11.5 Å². The average molecular weight is 311 g/mol. The van der Waals surface area contributed by atoms with E-state index in [4.69, 9.17) is 9.47 Å². The number of ether oxygens (including phenoxy) is 2. The van der Waals surface area contributed by atoms with Gasteiger partial charge in [0, 0.05) is 30.1 Å². The zero-order chi connectivity index (χ0) is 16.0. The fourth-order valence-corrected chi connectivity index (χ4v) is 3.09. The van der Waals surface area contributed by atoms with E-state index in [0.717, 1.165) is 16.8 Å². The Bertz CT molecular complexity index is 761. The second kappa shape index (κ2) is 5.15. The zero-order valence-corrected chi connectivity index (χ0v) is 12.9. The third-order valence-electron chi connectivity index (χ3n) is 4.11. The molecular weight excluding hydrogens is 294 g/mol. The van der Waals surface area contributed by atoms with Crippen molar-refractivity contribution in [2.24, 2.45) is 0 Å². The summed E-state index contributed by atoms with van der Waals surface area (Å²) in [5.74, 6) is 1.38. The summed E-state index contributed by atoms with van der Waals surface area (Å²) in [6.45, 7) is 4.18. The van der Waals surface area contributed by atoms with Crippen LogP contribution in [0.3, 0.4) is 0 Å². The molecule has 2 aliphatic heterocycles. The molecule has 0 aliphatic carbocycles. The van der Waals surface area contributed by atoms with Crippen molar-refractivity contribution in [1.82, 2.24) is 10.3 Å². The Morgan fingerprint density at radius 2 is 2.09 bits per heavy atom. The number of hydrogen-bond acceptors (Lipinski definition) is 4. The van der Waals surface area contributed by atoms with Crippen molar-refractivity contribution in [2.75, 3.05) is 11.7 Å². The summed E-state index contributed by atoms with van der Waals surface area (Å²) < 4.78 is 11.0. The van der Waals surface area contributed by atoms with Crippen molar-refractivity contribution < 1.29 is 14.3 Å². The van der Waals surface area contributed by atoms with Crippen molar-refractivity contribution >= 4 is 11.7 Å². The van der Waals surface area contributed by atoms with Crippen LogP contribution in [0.15, 0.2) is 36.7 Å². The molecule has 0 fully saturated rings. The first-order chi connectivity index (χ1) is 11.1. The standard InChI is InChI=1S/C17H17N3O3/c1-10(2)20-13-7-15-14(22-9-23-15)6-12(13)16(19-17(20)21)11-4-3-5-18-8-11/h3-8,10,16H,9H2,1-2H3,(H,19,21). The highest BCUT2D eigenvalue weighted by atomic mass is 16.7. The Kier molecular flexibility index (Phi) is 3.11. The number of fused-ring (bicyclic) bond motifs is 2. The topological polar surface area (TPSA) is 63.7 Å². The zero-order valence-electron chi connectivity index (χ0n) is 12.9. The van der Waals surface area contributed by atoms with Gasteiger partial charge < -0.3 is 14.8 Å². The number of amides is 2. The van der Waals surface area contributed by atoms with Crippen LogP contribution in [-0.2, 0) is 0 Å². The lowest BCUT2D eigenvalue weighted by Gasteiger charge is -2.37. The molecule has 1 aromatic heterocycles. The van der Waals surface area contributed by atoms with Gasteiger partial charge in [0.2, 0.25) is 6.79 Å². The van der Waals surface area contributed by atoms with Crippen molar-refractivity contribution in [3.05, 3.63) is 47.8 Å². The number of benzene rings is 1. The molecule has 2 aliphatic rings. The monoisotopic (exact) mass is 311 g/mol. The molecule has 4 rings (SSSR count). The van der Waals surface area contributed by atoms with E-state index in [1.54, 1.807) is 17.3 Å². The van der Waals surface area contributed by atoms with Crippen molar-refractivity contribution in [2.45, 2.75) is 25.9 Å². The van der Waals surface area contributed by atoms with Crippen molar-refractivity contribution in [3.8, 4) is 11.5 Å². The lowest BCUT2D eigenvalue weighted by Crippen LogP contribution is -2.50. The lowest BCUT2D eigenvalue weighted by molar-refractivity contribution is 0.174. The minimum atomic E-state index is -0.254. The number of aromatic nitrogens is 1. The summed E-state index contributed by atoms with van der Waals surface area (Å²) in [7, 11) is 0. The van der Waals surface area contributed by atoms with Crippen LogP contribution >= 0.6 is 0 Å². The Balaban J connectivity index is 1.90. The minimum Gasteiger partial charge on any atom is -0.454 e. The molecule has 0 bridgehead atoms. The molecule has 23 heavy (non-hydrogen) atoms. The molecular formula is C17H17N3O3. The quantitative estimate of drug-likeness (QED) is 0.926. The highest BCUT2D eigenvalue weighted by molar-refractivity contribution is 5.97. The molecule has 0 radical (unpaired) electrons. The summed E-state index contributed by atoms with van der Waals surface area (Å²) in [6.07, 6.45) is 3.49.